The zero-order valence-corrected chi connectivity index (χ0v) is 17.9. The number of nitrogens with one attached hydrogen (secondary N) is 3. The van der Waals surface area contributed by atoms with Gasteiger partial charge < -0.3 is 16.0 Å². The van der Waals surface area contributed by atoms with E-state index < -0.39 is 0 Å². The van der Waals surface area contributed by atoms with Crippen molar-refractivity contribution in [1.29, 1.82) is 0 Å². The summed E-state index contributed by atoms with van der Waals surface area (Å²) < 4.78 is 0. The van der Waals surface area contributed by atoms with E-state index in [9.17, 15) is 9.59 Å². The normalized spacial score (nSPS) is 13.0. The van der Waals surface area contributed by atoms with E-state index in [0.29, 0.717) is 32.8 Å². The number of carbonyl (C=O) groups is 2. The molecule has 3 aromatic rings. The number of hydrogen-bond donors (Lipinski definition) is 3. The van der Waals surface area contributed by atoms with Crippen molar-refractivity contribution in [2.24, 2.45) is 0 Å². The average Bonchev–Trinajstić information content (AvgIpc) is 3.42. The molecule has 1 aliphatic carbocycles. The van der Waals surface area contributed by atoms with Crippen LogP contribution >= 0.6 is 22.9 Å². The standard InChI is InChI=1S/C22H21ClN4O2S/c1-13-2-5-15(20(28)26-17-8-9-17)10-18(13)27-21(29)19-12-25-22(30-19)24-11-14-3-6-16(23)7-4-14/h2-7,10,12,17H,8-9,11H2,1H3,(H,24,25)(H,26,28)(H,27,29). The largest absolute Gasteiger partial charge is 0.357 e. The molecule has 154 valence electrons. The second kappa shape index (κ2) is 8.85. The second-order valence-electron chi connectivity index (χ2n) is 7.24. The Morgan fingerprint density at radius 3 is 2.63 bits per heavy atom. The second-order valence-corrected chi connectivity index (χ2v) is 8.71. The smallest absolute Gasteiger partial charge is 0.267 e. The maximum absolute atomic E-state index is 12.7. The lowest BCUT2D eigenvalue weighted by Gasteiger charge is -2.10. The molecule has 6 nitrogen and oxygen atoms in total. The molecule has 30 heavy (non-hydrogen) atoms. The van der Waals surface area contributed by atoms with Crippen molar-refractivity contribution in [3.8, 4) is 0 Å². The van der Waals surface area contributed by atoms with Crippen LogP contribution in [0.15, 0.2) is 48.7 Å². The average molecular weight is 441 g/mol. The van der Waals surface area contributed by atoms with Gasteiger partial charge >= 0.3 is 0 Å². The third-order valence-electron chi connectivity index (χ3n) is 4.75. The van der Waals surface area contributed by atoms with Gasteiger partial charge in [-0.2, -0.15) is 0 Å². The molecule has 1 fully saturated rings. The Hall–Kier alpha value is -2.90. The Bertz CT molecular complexity index is 1080. The van der Waals surface area contributed by atoms with Gasteiger partial charge in [0.15, 0.2) is 5.13 Å². The molecule has 1 aromatic heterocycles. The van der Waals surface area contributed by atoms with Crippen LogP contribution in [-0.4, -0.2) is 22.8 Å². The van der Waals surface area contributed by atoms with Gasteiger partial charge in [-0.3, -0.25) is 9.59 Å². The Morgan fingerprint density at radius 1 is 1.13 bits per heavy atom. The highest BCUT2D eigenvalue weighted by Gasteiger charge is 2.24. The monoisotopic (exact) mass is 440 g/mol. The van der Waals surface area contributed by atoms with Crippen molar-refractivity contribution in [3.63, 3.8) is 0 Å². The van der Waals surface area contributed by atoms with Crippen LogP contribution in [0.4, 0.5) is 10.8 Å². The van der Waals surface area contributed by atoms with E-state index >= 15 is 0 Å². The zero-order chi connectivity index (χ0) is 21.1. The third kappa shape index (κ3) is 5.17. The summed E-state index contributed by atoms with van der Waals surface area (Å²) in [5, 5.41) is 10.4. The fraction of sp³-hybridized carbons (Fsp3) is 0.227. The molecule has 0 radical (unpaired) electrons. The predicted octanol–water partition coefficient (Wildman–Crippen LogP) is 4.86. The van der Waals surface area contributed by atoms with E-state index in [-0.39, 0.29) is 17.9 Å². The molecule has 2 amide bonds. The van der Waals surface area contributed by atoms with Gasteiger partial charge in [0.2, 0.25) is 0 Å². The summed E-state index contributed by atoms with van der Waals surface area (Å²) in [6, 6.07) is 13.1. The van der Waals surface area contributed by atoms with Crippen molar-refractivity contribution in [3.05, 3.63) is 75.3 Å². The molecule has 0 atom stereocenters. The van der Waals surface area contributed by atoms with E-state index in [4.69, 9.17) is 11.6 Å². The Balaban J connectivity index is 1.39. The summed E-state index contributed by atoms with van der Waals surface area (Å²) in [5.41, 5.74) is 3.11. The van der Waals surface area contributed by atoms with Gasteiger partial charge in [0.05, 0.1) is 6.20 Å². The van der Waals surface area contributed by atoms with Gasteiger partial charge in [0.1, 0.15) is 4.88 Å². The zero-order valence-electron chi connectivity index (χ0n) is 16.4. The minimum absolute atomic E-state index is 0.112. The highest BCUT2D eigenvalue weighted by atomic mass is 35.5. The lowest BCUT2D eigenvalue weighted by atomic mass is 10.1. The molecule has 0 spiro atoms. The van der Waals surface area contributed by atoms with Crippen molar-refractivity contribution < 1.29 is 9.59 Å². The SMILES string of the molecule is Cc1ccc(C(=O)NC2CC2)cc1NC(=O)c1cnc(NCc2ccc(Cl)cc2)s1. The molecule has 1 saturated carbocycles. The van der Waals surface area contributed by atoms with Gasteiger partial charge in [0, 0.05) is 28.9 Å². The van der Waals surface area contributed by atoms with Crippen molar-refractivity contribution in [2.75, 3.05) is 10.6 Å². The first kappa shape index (κ1) is 20.4. The fourth-order valence-corrected chi connectivity index (χ4v) is 3.65. The predicted molar refractivity (Wildman–Crippen MR) is 121 cm³/mol. The van der Waals surface area contributed by atoms with E-state index in [0.717, 1.165) is 24.0 Å². The molecular formula is C22H21ClN4O2S. The number of halogens is 1. The minimum atomic E-state index is -0.255. The van der Waals surface area contributed by atoms with Crippen LogP contribution in [0.1, 0.15) is 44.0 Å². The summed E-state index contributed by atoms with van der Waals surface area (Å²) in [6.07, 6.45) is 3.60. The number of thiazole rings is 1. The summed E-state index contributed by atoms with van der Waals surface area (Å²) in [5.74, 6) is -0.366. The van der Waals surface area contributed by atoms with E-state index in [2.05, 4.69) is 20.9 Å². The van der Waals surface area contributed by atoms with Crippen LogP contribution in [0, 0.1) is 6.92 Å². The molecule has 0 aliphatic heterocycles. The van der Waals surface area contributed by atoms with E-state index in [1.165, 1.54) is 11.3 Å². The van der Waals surface area contributed by atoms with Crippen molar-refractivity contribution in [2.45, 2.75) is 32.4 Å². The molecule has 0 saturated heterocycles. The number of hydrogen-bond acceptors (Lipinski definition) is 5. The summed E-state index contributed by atoms with van der Waals surface area (Å²) in [4.78, 5) is 29.7. The first-order chi connectivity index (χ1) is 14.5. The molecule has 3 N–H and O–H groups in total. The lowest BCUT2D eigenvalue weighted by Crippen LogP contribution is -2.25. The molecule has 8 heteroatoms. The van der Waals surface area contributed by atoms with E-state index in [1.54, 1.807) is 18.3 Å². The number of amides is 2. The Kier molecular flexibility index (Phi) is 6.01. The number of rotatable bonds is 7. The summed E-state index contributed by atoms with van der Waals surface area (Å²) in [7, 11) is 0. The van der Waals surface area contributed by atoms with Gasteiger partial charge in [-0.25, -0.2) is 4.98 Å². The van der Waals surface area contributed by atoms with E-state index in [1.807, 2.05) is 37.3 Å². The number of aromatic nitrogens is 1. The van der Waals surface area contributed by atoms with Crippen LogP contribution in [0.5, 0.6) is 0 Å². The third-order valence-corrected chi connectivity index (χ3v) is 5.95. The van der Waals surface area contributed by atoms with Crippen LogP contribution in [0.25, 0.3) is 0 Å². The number of aryl methyl sites for hydroxylation is 1. The number of benzene rings is 2. The minimum Gasteiger partial charge on any atom is -0.357 e. The Morgan fingerprint density at radius 2 is 1.90 bits per heavy atom. The van der Waals surface area contributed by atoms with Gasteiger partial charge in [-0.15, -0.1) is 0 Å². The highest BCUT2D eigenvalue weighted by molar-refractivity contribution is 7.17. The summed E-state index contributed by atoms with van der Waals surface area (Å²) >= 11 is 7.18. The van der Waals surface area contributed by atoms with Crippen LogP contribution < -0.4 is 16.0 Å². The lowest BCUT2D eigenvalue weighted by molar-refractivity contribution is 0.0949. The maximum atomic E-state index is 12.7. The van der Waals surface area contributed by atoms with Crippen LogP contribution in [-0.2, 0) is 6.54 Å². The molecular weight excluding hydrogens is 420 g/mol. The molecule has 1 aliphatic rings. The fourth-order valence-electron chi connectivity index (χ4n) is 2.82. The van der Waals surface area contributed by atoms with Crippen LogP contribution in [0.2, 0.25) is 5.02 Å². The van der Waals surface area contributed by atoms with Gasteiger partial charge in [-0.1, -0.05) is 41.1 Å². The van der Waals surface area contributed by atoms with Crippen LogP contribution in [0.3, 0.4) is 0 Å². The molecule has 2 aromatic carbocycles. The van der Waals surface area contributed by atoms with Gasteiger partial charge in [0.25, 0.3) is 11.8 Å². The number of anilines is 2. The number of nitrogens with zero attached hydrogens (tertiary/aromatic N) is 1. The Labute approximate surface area is 183 Å². The molecule has 0 unspecified atom stereocenters. The first-order valence-corrected chi connectivity index (χ1v) is 10.8. The topological polar surface area (TPSA) is 83.1 Å². The molecule has 0 bridgehead atoms. The van der Waals surface area contributed by atoms with Crippen molar-refractivity contribution in [1.82, 2.24) is 10.3 Å². The van der Waals surface area contributed by atoms with Gasteiger partial charge in [-0.05, 0) is 55.2 Å². The quantitative estimate of drug-likeness (QED) is 0.489. The van der Waals surface area contributed by atoms with Crippen molar-refractivity contribution >= 4 is 45.6 Å². The molecule has 1 heterocycles. The first-order valence-electron chi connectivity index (χ1n) is 9.65. The maximum Gasteiger partial charge on any atom is 0.267 e. The highest BCUT2D eigenvalue weighted by Crippen LogP contribution is 2.24. The summed E-state index contributed by atoms with van der Waals surface area (Å²) in [6.45, 7) is 2.48. The molecule has 4 rings (SSSR count). The number of carbonyl (C=O) groups excluding carboxylic acids is 2.